The van der Waals surface area contributed by atoms with Crippen molar-refractivity contribution in [3.05, 3.63) is 46.7 Å². The van der Waals surface area contributed by atoms with Gasteiger partial charge in [-0.25, -0.2) is 0 Å². The molecule has 1 fully saturated rings. The molecule has 34 heavy (non-hydrogen) atoms. The highest BCUT2D eigenvalue weighted by molar-refractivity contribution is 6.32. The summed E-state index contributed by atoms with van der Waals surface area (Å²) in [5.74, 6) is -1.80. The van der Waals surface area contributed by atoms with Crippen LogP contribution >= 0.6 is 11.6 Å². The molecule has 0 amide bonds. The van der Waals surface area contributed by atoms with E-state index in [2.05, 4.69) is 15.3 Å². The summed E-state index contributed by atoms with van der Waals surface area (Å²) in [4.78, 5) is 26.5. The number of nitrogens with zero attached hydrogens (tertiary/aromatic N) is 5. The molecule has 4 rings (SSSR count). The average Bonchev–Trinajstić information content (AvgIpc) is 3.26. The average molecular weight is 498 g/mol. The van der Waals surface area contributed by atoms with Crippen LogP contribution in [0.2, 0.25) is 5.02 Å². The second-order valence-electron chi connectivity index (χ2n) is 7.62. The predicted molar refractivity (Wildman–Crippen MR) is 114 cm³/mol. The molecule has 3 heterocycles. The first-order valence-corrected chi connectivity index (χ1v) is 10.6. The highest BCUT2D eigenvalue weighted by Gasteiger charge is 2.38. The second-order valence-corrected chi connectivity index (χ2v) is 8.03. The van der Waals surface area contributed by atoms with Gasteiger partial charge >= 0.3 is 12.1 Å². The van der Waals surface area contributed by atoms with Crippen LogP contribution in [0, 0.1) is 5.92 Å². The number of ether oxygens (including phenoxy) is 2. The molecule has 0 radical (unpaired) electrons. The van der Waals surface area contributed by atoms with Crippen LogP contribution in [0.15, 0.2) is 30.3 Å². The van der Waals surface area contributed by atoms with Crippen molar-refractivity contribution in [3.8, 4) is 5.75 Å². The van der Waals surface area contributed by atoms with Crippen molar-refractivity contribution in [1.82, 2.24) is 19.8 Å². The number of carbonyl (C=O) groups is 2. The Kier molecular flexibility index (Phi) is 6.60. The molecule has 0 N–H and O–H groups in total. The topological polar surface area (TPSA) is 98.9 Å². The number of alkyl halides is 3. The van der Waals surface area contributed by atoms with E-state index in [0.717, 1.165) is 0 Å². The minimum atomic E-state index is -4.68. The van der Waals surface area contributed by atoms with E-state index in [4.69, 9.17) is 21.1 Å². The molecule has 1 aliphatic heterocycles. The number of aromatic nitrogens is 4. The van der Waals surface area contributed by atoms with Crippen molar-refractivity contribution in [3.63, 3.8) is 0 Å². The Morgan fingerprint density at radius 3 is 2.53 bits per heavy atom. The molecular weight excluding hydrogens is 479 g/mol. The predicted octanol–water partition coefficient (Wildman–Crippen LogP) is 3.45. The zero-order valence-electron chi connectivity index (χ0n) is 17.9. The van der Waals surface area contributed by atoms with Gasteiger partial charge in [0, 0.05) is 18.7 Å². The molecule has 0 saturated carbocycles. The number of methoxy groups -OCH3 is 1. The fourth-order valence-electron chi connectivity index (χ4n) is 3.65. The van der Waals surface area contributed by atoms with E-state index in [0.29, 0.717) is 47.6 Å². The van der Waals surface area contributed by atoms with Crippen LogP contribution in [0.4, 0.5) is 19.0 Å². The van der Waals surface area contributed by atoms with Gasteiger partial charge in [0.2, 0.25) is 0 Å². The largest absolute Gasteiger partial charge is 0.495 e. The number of piperidine rings is 1. The minimum absolute atomic E-state index is 0.0163. The number of anilines is 1. The quantitative estimate of drug-likeness (QED) is 0.377. The number of ketones is 1. The third-order valence-corrected chi connectivity index (χ3v) is 5.77. The Hall–Kier alpha value is -3.41. The molecule has 0 atom stereocenters. The van der Waals surface area contributed by atoms with E-state index in [1.165, 1.54) is 25.3 Å². The Morgan fingerprint density at radius 2 is 1.88 bits per heavy atom. The summed E-state index contributed by atoms with van der Waals surface area (Å²) in [7, 11) is 1.46. The van der Waals surface area contributed by atoms with Crippen LogP contribution in [-0.2, 0) is 15.7 Å². The number of hydrogen-bond donors (Lipinski definition) is 0. The zero-order chi connectivity index (χ0) is 24.5. The molecular formula is C21H19ClF3N5O4. The Balaban J connectivity index is 1.33. The third-order valence-electron chi connectivity index (χ3n) is 5.47. The molecule has 1 saturated heterocycles. The number of hydrogen-bond acceptors (Lipinski definition) is 8. The highest BCUT2D eigenvalue weighted by Crippen LogP contribution is 2.29. The molecule has 9 nitrogen and oxygen atoms in total. The fourth-order valence-corrected chi connectivity index (χ4v) is 3.90. The Labute approximate surface area is 196 Å². The van der Waals surface area contributed by atoms with Crippen molar-refractivity contribution >= 4 is 34.8 Å². The van der Waals surface area contributed by atoms with Gasteiger partial charge in [-0.15, -0.1) is 15.3 Å². The van der Waals surface area contributed by atoms with E-state index in [-0.39, 0.29) is 10.7 Å². The van der Waals surface area contributed by atoms with Gasteiger partial charge in [-0.05, 0) is 43.2 Å². The molecule has 0 spiro atoms. The lowest BCUT2D eigenvalue weighted by atomic mass is 9.97. The van der Waals surface area contributed by atoms with Crippen molar-refractivity contribution < 1.29 is 32.2 Å². The molecule has 1 aliphatic rings. The first-order chi connectivity index (χ1) is 16.2. The monoisotopic (exact) mass is 497 g/mol. The van der Waals surface area contributed by atoms with Crippen LogP contribution in [0.3, 0.4) is 0 Å². The molecule has 0 bridgehead atoms. The van der Waals surface area contributed by atoms with Crippen molar-refractivity contribution in [1.29, 1.82) is 0 Å². The summed E-state index contributed by atoms with van der Waals surface area (Å²) in [5.41, 5.74) is 0.277. The van der Waals surface area contributed by atoms with E-state index in [9.17, 15) is 22.8 Å². The lowest BCUT2D eigenvalue weighted by Gasteiger charge is -2.31. The molecule has 180 valence electrons. The number of halogens is 4. The number of carbonyl (C=O) groups excluding carboxylic acids is 2. The normalized spacial score (nSPS) is 14.9. The Morgan fingerprint density at radius 1 is 1.15 bits per heavy atom. The second kappa shape index (κ2) is 9.45. The van der Waals surface area contributed by atoms with Gasteiger partial charge in [0.1, 0.15) is 11.6 Å². The highest BCUT2D eigenvalue weighted by atomic mass is 35.5. The van der Waals surface area contributed by atoms with Crippen LogP contribution in [0.1, 0.15) is 29.0 Å². The maximum atomic E-state index is 13.1. The molecule has 3 aromatic rings. The molecule has 0 unspecified atom stereocenters. The van der Waals surface area contributed by atoms with Gasteiger partial charge in [-0.1, -0.05) is 11.6 Å². The van der Waals surface area contributed by atoms with Crippen molar-refractivity contribution in [2.45, 2.75) is 19.0 Å². The third kappa shape index (κ3) is 4.91. The SMILES string of the molecule is COc1ccc(C(=O)COC(=O)C2CCN(c3ccc4nnc(C(F)(F)F)n4n3)CC2)cc1Cl. The van der Waals surface area contributed by atoms with Gasteiger partial charge in [-0.2, -0.15) is 17.7 Å². The van der Waals surface area contributed by atoms with Gasteiger partial charge in [-0.3, -0.25) is 9.59 Å². The smallest absolute Gasteiger partial charge is 0.453 e. The first kappa shape index (κ1) is 23.7. The number of Topliss-reactive ketones (excluding diaryl/α,β-unsaturated/α-hetero) is 1. The van der Waals surface area contributed by atoms with Gasteiger partial charge in [0.25, 0.3) is 5.82 Å². The standard InChI is InChI=1S/C21H19ClF3N5O4/c1-33-16-3-2-13(10-14(16)22)15(31)11-34-19(32)12-6-8-29(9-7-12)18-5-4-17-26-27-20(21(23,24)25)30(17)28-18/h2-5,10,12H,6-9,11H2,1H3. The fraction of sp³-hybridized carbons (Fsp3) is 0.381. The number of rotatable bonds is 6. The minimum Gasteiger partial charge on any atom is -0.495 e. The summed E-state index contributed by atoms with van der Waals surface area (Å²) in [6.45, 7) is 0.335. The maximum Gasteiger partial charge on any atom is 0.453 e. The van der Waals surface area contributed by atoms with E-state index < -0.39 is 36.3 Å². The van der Waals surface area contributed by atoms with E-state index in [1.807, 2.05) is 0 Å². The van der Waals surface area contributed by atoms with E-state index >= 15 is 0 Å². The summed E-state index contributed by atoms with van der Waals surface area (Å²) >= 11 is 6.02. The Bertz CT molecular complexity index is 1220. The van der Waals surface area contributed by atoms with Gasteiger partial charge in [0.15, 0.2) is 18.0 Å². The summed E-state index contributed by atoms with van der Waals surface area (Å²) < 4.78 is 50.2. The zero-order valence-corrected chi connectivity index (χ0v) is 18.6. The van der Waals surface area contributed by atoms with Gasteiger partial charge < -0.3 is 14.4 Å². The molecule has 0 aliphatic carbocycles. The number of esters is 1. The summed E-state index contributed by atoms with van der Waals surface area (Å²) in [6, 6.07) is 7.49. The van der Waals surface area contributed by atoms with E-state index in [1.54, 1.807) is 17.0 Å². The maximum absolute atomic E-state index is 13.1. The van der Waals surface area contributed by atoms with Crippen LogP contribution < -0.4 is 9.64 Å². The van der Waals surface area contributed by atoms with Crippen LogP contribution in [0.25, 0.3) is 5.65 Å². The lowest BCUT2D eigenvalue weighted by Crippen LogP contribution is -2.38. The summed E-state index contributed by atoms with van der Waals surface area (Å²) in [5, 5.41) is 10.9. The number of benzene rings is 1. The first-order valence-electron chi connectivity index (χ1n) is 10.3. The number of fused-ring (bicyclic) bond motifs is 1. The van der Waals surface area contributed by atoms with Crippen molar-refractivity contribution in [2.24, 2.45) is 5.92 Å². The molecule has 1 aromatic carbocycles. The lowest BCUT2D eigenvalue weighted by molar-refractivity contribution is -0.148. The van der Waals surface area contributed by atoms with Crippen molar-refractivity contribution in [2.75, 3.05) is 31.7 Å². The summed E-state index contributed by atoms with van der Waals surface area (Å²) in [6.07, 6.45) is -3.89. The van der Waals surface area contributed by atoms with Crippen LogP contribution in [-0.4, -0.2) is 58.4 Å². The molecule has 2 aromatic heterocycles. The molecule has 13 heteroatoms. The van der Waals surface area contributed by atoms with Crippen LogP contribution in [0.5, 0.6) is 5.75 Å². The van der Waals surface area contributed by atoms with Gasteiger partial charge in [0.05, 0.1) is 18.1 Å².